The van der Waals surface area contributed by atoms with Gasteiger partial charge in [-0.25, -0.2) is 9.97 Å². The predicted molar refractivity (Wildman–Crippen MR) is 71.5 cm³/mol. The van der Waals surface area contributed by atoms with Gasteiger partial charge in [-0.3, -0.25) is 4.68 Å². The van der Waals surface area contributed by atoms with Crippen molar-refractivity contribution >= 4 is 5.82 Å². The molecule has 1 N–H and O–H groups in total. The molecule has 5 nitrogen and oxygen atoms in total. The lowest BCUT2D eigenvalue weighted by molar-refractivity contribution is 0.738. The lowest BCUT2D eigenvalue weighted by atomic mass is 10.2. The van der Waals surface area contributed by atoms with Crippen LogP contribution < -0.4 is 5.32 Å². The third-order valence-electron chi connectivity index (χ3n) is 3.28. The zero-order valence-corrected chi connectivity index (χ0v) is 11.6. The second kappa shape index (κ2) is 4.76. The number of nitrogens with zero attached hydrogens (tertiary/aromatic N) is 4. The Morgan fingerprint density at radius 2 is 1.89 bits per heavy atom. The molecule has 0 bridgehead atoms. The van der Waals surface area contributed by atoms with E-state index in [4.69, 9.17) is 0 Å². The molecule has 5 heteroatoms. The van der Waals surface area contributed by atoms with Crippen LogP contribution in [0.1, 0.15) is 28.3 Å². The van der Waals surface area contributed by atoms with Gasteiger partial charge in [0.2, 0.25) is 0 Å². The third-order valence-corrected chi connectivity index (χ3v) is 3.28. The Bertz CT molecular complexity index is 571. The molecule has 2 rings (SSSR count). The minimum absolute atomic E-state index is 0.733. The molecule has 0 aliphatic carbocycles. The highest BCUT2D eigenvalue weighted by atomic mass is 15.3. The van der Waals surface area contributed by atoms with E-state index in [1.807, 2.05) is 38.7 Å². The number of nitrogens with one attached hydrogen (secondary N) is 1. The Morgan fingerprint density at radius 3 is 2.50 bits per heavy atom. The molecule has 18 heavy (non-hydrogen) atoms. The Labute approximate surface area is 107 Å². The molecule has 0 aromatic carbocycles. The second-order valence-electron chi connectivity index (χ2n) is 4.56. The normalized spacial score (nSPS) is 10.7. The zero-order chi connectivity index (χ0) is 13.3. The van der Waals surface area contributed by atoms with Crippen LogP contribution in [0.2, 0.25) is 0 Å². The quantitative estimate of drug-likeness (QED) is 0.899. The van der Waals surface area contributed by atoms with Crippen LogP contribution in [0.3, 0.4) is 0 Å². The highest BCUT2D eigenvalue weighted by molar-refractivity contribution is 5.46. The molecule has 0 aliphatic rings. The van der Waals surface area contributed by atoms with Gasteiger partial charge in [0.1, 0.15) is 11.6 Å². The van der Waals surface area contributed by atoms with Gasteiger partial charge in [0.05, 0.1) is 6.20 Å². The zero-order valence-electron chi connectivity index (χ0n) is 11.6. The van der Waals surface area contributed by atoms with Crippen LogP contribution in [-0.2, 0) is 13.6 Å². The van der Waals surface area contributed by atoms with Gasteiger partial charge < -0.3 is 5.32 Å². The van der Waals surface area contributed by atoms with Gasteiger partial charge in [-0.1, -0.05) is 0 Å². The number of hydrogen-bond donors (Lipinski definition) is 1. The summed E-state index contributed by atoms with van der Waals surface area (Å²) >= 11 is 0. The first-order valence-electron chi connectivity index (χ1n) is 6.02. The fourth-order valence-electron chi connectivity index (χ4n) is 1.84. The van der Waals surface area contributed by atoms with E-state index >= 15 is 0 Å². The van der Waals surface area contributed by atoms with Crippen LogP contribution in [0.5, 0.6) is 0 Å². The fraction of sp³-hybridized carbons (Fsp3) is 0.462. The molecule has 2 aromatic heterocycles. The molecule has 0 atom stereocenters. The molecule has 0 unspecified atom stereocenters. The summed E-state index contributed by atoms with van der Waals surface area (Å²) in [5.74, 6) is 1.70. The minimum atomic E-state index is 0.733. The Balaban J connectivity index is 2.18. The van der Waals surface area contributed by atoms with Crippen LogP contribution >= 0.6 is 0 Å². The molecule has 96 valence electrons. The molecular formula is C13H19N5. The van der Waals surface area contributed by atoms with Crippen molar-refractivity contribution in [2.75, 3.05) is 5.32 Å². The first-order chi connectivity index (χ1) is 8.49. The Morgan fingerprint density at radius 1 is 1.17 bits per heavy atom. The van der Waals surface area contributed by atoms with E-state index in [0.717, 1.165) is 29.4 Å². The molecule has 0 saturated carbocycles. The summed E-state index contributed by atoms with van der Waals surface area (Å²) in [6, 6.07) is 0. The summed E-state index contributed by atoms with van der Waals surface area (Å²) in [6.45, 7) is 8.74. The van der Waals surface area contributed by atoms with E-state index in [1.54, 1.807) is 0 Å². The summed E-state index contributed by atoms with van der Waals surface area (Å²) < 4.78 is 1.88. The average molecular weight is 245 g/mol. The van der Waals surface area contributed by atoms with E-state index < -0.39 is 0 Å². The smallest absolute Gasteiger partial charge is 0.133 e. The molecule has 2 aromatic rings. The Hall–Kier alpha value is -1.91. The summed E-state index contributed by atoms with van der Waals surface area (Å²) in [6.07, 6.45) is 1.89. The molecule has 0 radical (unpaired) electrons. The van der Waals surface area contributed by atoms with Crippen LogP contribution in [0.15, 0.2) is 6.20 Å². The first kappa shape index (κ1) is 12.5. The van der Waals surface area contributed by atoms with Crippen LogP contribution in [0.4, 0.5) is 5.82 Å². The van der Waals surface area contributed by atoms with Gasteiger partial charge in [0, 0.05) is 36.1 Å². The molecule has 0 saturated heterocycles. The predicted octanol–water partition coefficient (Wildman–Crippen LogP) is 2.06. The monoisotopic (exact) mass is 245 g/mol. The summed E-state index contributed by atoms with van der Waals surface area (Å²) in [4.78, 5) is 8.78. The van der Waals surface area contributed by atoms with E-state index in [2.05, 4.69) is 27.3 Å². The van der Waals surface area contributed by atoms with Crippen molar-refractivity contribution in [3.05, 3.63) is 34.5 Å². The standard InChI is InChI=1S/C13H19N5/c1-8-9(2)16-11(4)17-13(8)14-6-12-7-15-18(5)10(12)3/h7H,6H2,1-5H3,(H,14,16,17). The van der Waals surface area contributed by atoms with Crippen molar-refractivity contribution in [2.24, 2.45) is 7.05 Å². The molecule has 0 aliphatic heterocycles. The maximum atomic E-state index is 4.44. The summed E-state index contributed by atoms with van der Waals surface area (Å²) in [7, 11) is 1.95. The van der Waals surface area contributed by atoms with Crippen molar-refractivity contribution in [2.45, 2.75) is 34.2 Å². The van der Waals surface area contributed by atoms with Crippen molar-refractivity contribution in [3.63, 3.8) is 0 Å². The first-order valence-corrected chi connectivity index (χ1v) is 6.02. The van der Waals surface area contributed by atoms with Gasteiger partial charge in [-0.05, 0) is 27.7 Å². The van der Waals surface area contributed by atoms with Crippen molar-refractivity contribution in [1.82, 2.24) is 19.7 Å². The second-order valence-corrected chi connectivity index (χ2v) is 4.56. The van der Waals surface area contributed by atoms with Crippen molar-refractivity contribution < 1.29 is 0 Å². The maximum Gasteiger partial charge on any atom is 0.133 e. The van der Waals surface area contributed by atoms with E-state index in [1.165, 1.54) is 11.3 Å². The summed E-state index contributed by atoms with van der Waals surface area (Å²) in [5, 5.41) is 7.59. The van der Waals surface area contributed by atoms with Crippen molar-refractivity contribution in [3.8, 4) is 0 Å². The number of rotatable bonds is 3. The number of aromatic nitrogens is 4. The Kier molecular flexibility index (Phi) is 3.32. The largest absolute Gasteiger partial charge is 0.366 e. The number of hydrogen-bond acceptors (Lipinski definition) is 4. The lowest BCUT2D eigenvalue weighted by Crippen LogP contribution is -2.07. The van der Waals surface area contributed by atoms with Gasteiger partial charge >= 0.3 is 0 Å². The van der Waals surface area contributed by atoms with Crippen LogP contribution in [0, 0.1) is 27.7 Å². The van der Waals surface area contributed by atoms with Gasteiger partial charge in [0.25, 0.3) is 0 Å². The fourth-order valence-corrected chi connectivity index (χ4v) is 1.84. The van der Waals surface area contributed by atoms with E-state index in [0.29, 0.717) is 0 Å². The third kappa shape index (κ3) is 2.34. The van der Waals surface area contributed by atoms with E-state index in [9.17, 15) is 0 Å². The van der Waals surface area contributed by atoms with Gasteiger partial charge in [0.15, 0.2) is 0 Å². The molecule has 0 fully saturated rings. The summed E-state index contributed by atoms with van der Waals surface area (Å²) in [5.41, 5.74) is 4.48. The van der Waals surface area contributed by atoms with Gasteiger partial charge in [-0.2, -0.15) is 5.10 Å². The maximum absolute atomic E-state index is 4.44. The lowest BCUT2D eigenvalue weighted by Gasteiger charge is -2.10. The van der Waals surface area contributed by atoms with E-state index in [-0.39, 0.29) is 0 Å². The molecule has 0 amide bonds. The number of aryl methyl sites for hydroxylation is 3. The SMILES string of the molecule is Cc1nc(C)c(C)c(NCc2cnn(C)c2C)n1. The van der Waals surface area contributed by atoms with Gasteiger partial charge in [-0.15, -0.1) is 0 Å². The minimum Gasteiger partial charge on any atom is -0.366 e. The topological polar surface area (TPSA) is 55.6 Å². The van der Waals surface area contributed by atoms with Crippen LogP contribution in [0.25, 0.3) is 0 Å². The highest BCUT2D eigenvalue weighted by Crippen LogP contribution is 2.16. The highest BCUT2D eigenvalue weighted by Gasteiger charge is 2.07. The molecule has 0 spiro atoms. The molecular weight excluding hydrogens is 226 g/mol. The number of anilines is 1. The average Bonchev–Trinajstić information content (AvgIpc) is 2.63. The van der Waals surface area contributed by atoms with Crippen LogP contribution in [-0.4, -0.2) is 19.7 Å². The molecule has 2 heterocycles. The van der Waals surface area contributed by atoms with Crippen molar-refractivity contribution in [1.29, 1.82) is 0 Å².